The van der Waals surface area contributed by atoms with Crippen molar-refractivity contribution < 1.29 is 14.1 Å². The molecule has 2 aromatic rings. The second-order valence-corrected chi connectivity index (χ2v) is 5.06. The summed E-state index contributed by atoms with van der Waals surface area (Å²) in [5.74, 6) is -1.41. The van der Waals surface area contributed by atoms with Gasteiger partial charge in [-0.3, -0.25) is 14.9 Å². The highest BCUT2D eigenvalue weighted by Gasteiger charge is 2.14. The highest BCUT2D eigenvalue weighted by atomic mass is 79.9. The largest absolute Gasteiger partial charge is 0.398 e. The van der Waals surface area contributed by atoms with Crippen LogP contribution in [0.1, 0.15) is 10.4 Å². The van der Waals surface area contributed by atoms with E-state index in [4.69, 9.17) is 5.73 Å². The van der Waals surface area contributed by atoms with Gasteiger partial charge in [-0.25, -0.2) is 4.39 Å². The van der Waals surface area contributed by atoms with E-state index in [-0.39, 0.29) is 16.9 Å². The molecule has 3 N–H and O–H groups in total. The maximum atomic E-state index is 13.3. The quantitative estimate of drug-likeness (QED) is 0.502. The molecule has 0 aliphatic rings. The van der Waals surface area contributed by atoms with Crippen LogP contribution in [0.5, 0.6) is 0 Å². The lowest BCUT2D eigenvalue weighted by Gasteiger charge is -2.08. The number of nitrogens with two attached hydrogens (primary N) is 1. The molecule has 0 saturated heterocycles. The molecule has 0 fully saturated rings. The Morgan fingerprint density at radius 2 is 2.00 bits per heavy atom. The van der Waals surface area contributed by atoms with Crippen molar-refractivity contribution in [3.63, 3.8) is 0 Å². The molecule has 2 rings (SSSR count). The SMILES string of the molecule is Nc1ccc(Br)cc1C(=O)Nc1cc(F)cc([N+](=O)[O-])c1. The Kier molecular flexibility index (Phi) is 4.18. The average Bonchev–Trinajstić information content (AvgIpc) is 2.40. The predicted molar refractivity (Wildman–Crippen MR) is 79.6 cm³/mol. The van der Waals surface area contributed by atoms with Gasteiger partial charge in [0.1, 0.15) is 5.82 Å². The number of nitrogens with one attached hydrogen (secondary N) is 1. The standard InChI is InChI=1S/C13H9BrFN3O3/c14-7-1-2-12(16)11(3-7)13(19)17-9-4-8(15)5-10(6-9)18(20)21/h1-6H,16H2,(H,17,19). The van der Waals surface area contributed by atoms with Gasteiger partial charge in [0, 0.05) is 16.2 Å². The number of hydrogen-bond donors (Lipinski definition) is 2. The van der Waals surface area contributed by atoms with Gasteiger partial charge in [-0.05, 0) is 24.3 Å². The van der Waals surface area contributed by atoms with Crippen LogP contribution in [-0.2, 0) is 0 Å². The first kappa shape index (κ1) is 14.9. The zero-order chi connectivity index (χ0) is 15.6. The molecule has 8 heteroatoms. The molecule has 0 radical (unpaired) electrons. The number of non-ortho nitro benzene ring substituents is 1. The molecular formula is C13H9BrFN3O3. The Hall–Kier alpha value is -2.48. The molecule has 0 atom stereocenters. The summed E-state index contributed by atoms with van der Waals surface area (Å²) in [6, 6.07) is 7.52. The second-order valence-electron chi connectivity index (χ2n) is 4.14. The van der Waals surface area contributed by atoms with Crippen LogP contribution in [-0.4, -0.2) is 10.8 Å². The van der Waals surface area contributed by atoms with E-state index < -0.39 is 22.3 Å². The van der Waals surface area contributed by atoms with Crippen LogP contribution in [0.25, 0.3) is 0 Å². The first-order valence-corrected chi connectivity index (χ1v) is 6.47. The molecule has 0 aromatic heterocycles. The Bertz CT molecular complexity index is 737. The highest BCUT2D eigenvalue weighted by Crippen LogP contribution is 2.23. The van der Waals surface area contributed by atoms with Crippen LogP contribution in [0.15, 0.2) is 40.9 Å². The molecule has 0 heterocycles. The van der Waals surface area contributed by atoms with Crippen LogP contribution in [0.3, 0.4) is 0 Å². The lowest BCUT2D eigenvalue weighted by molar-refractivity contribution is -0.385. The number of benzene rings is 2. The van der Waals surface area contributed by atoms with Gasteiger partial charge in [-0.2, -0.15) is 0 Å². The van der Waals surface area contributed by atoms with Crippen molar-refractivity contribution in [2.24, 2.45) is 0 Å². The van der Waals surface area contributed by atoms with Crippen LogP contribution in [0.2, 0.25) is 0 Å². The summed E-state index contributed by atoms with van der Waals surface area (Å²) in [5, 5.41) is 13.0. The molecule has 1 amide bonds. The first-order valence-electron chi connectivity index (χ1n) is 5.68. The number of nitro groups is 1. The van der Waals surface area contributed by atoms with Crippen molar-refractivity contribution in [2.45, 2.75) is 0 Å². The topological polar surface area (TPSA) is 98.3 Å². The van der Waals surface area contributed by atoms with E-state index in [0.717, 1.165) is 18.2 Å². The number of nitrogens with zero attached hydrogens (tertiary/aromatic N) is 1. The number of anilines is 2. The second kappa shape index (κ2) is 5.88. The number of amides is 1. The van der Waals surface area contributed by atoms with E-state index in [0.29, 0.717) is 4.47 Å². The van der Waals surface area contributed by atoms with Crippen LogP contribution in [0, 0.1) is 15.9 Å². The molecular weight excluding hydrogens is 345 g/mol. The molecule has 0 aliphatic heterocycles. The number of nitro benzene ring substituents is 1. The number of nitrogen functional groups attached to an aromatic ring is 1. The van der Waals surface area contributed by atoms with Crippen LogP contribution < -0.4 is 11.1 Å². The number of carbonyl (C=O) groups excluding carboxylic acids is 1. The third-order valence-corrected chi connectivity index (χ3v) is 3.10. The van der Waals surface area contributed by atoms with Gasteiger partial charge in [0.25, 0.3) is 11.6 Å². The Labute approximate surface area is 127 Å². The van der Waals surface area contributed by atoms with E-state index >= 15 is 0 Å². The molecule has 0 saturated carbocycles. The maximum Gasteiger partial charge on any atom is 0.274 e. The molecule has 0 unspecified atom stereocenters. The van der Waals surface area contributed by atoms with Crippen molar-refractivity contribution in [2.75, 3.05) is 11.1 Å². The molecule has 0 bridgehead atoms. The summed E-state index contributed by atoms with van der Waals surface area (Å²) in [4.78, 5) is 22.0. The molecule has 0 aliphatic carbocycles. The van der Waals surface area contributed by atoms with Crippen molar-refractivity contribution in [3.8, 4) is 0 Å². The lowest BCUT2D eigenvalue weighted by atomic mass is 10.1. The molecule has 2 aromatic carbocycles. The Morgan fingerprint density at radius 3 is 2.67 bits per heavy atom. The van der Waals surface area contributed by atoms with Gasteiger partial charge >= 0.3 is 0 Å². The third-order valence-electron chi connectivity index (χ3n) is 2.61. The summed E-state index contributed by atoms with van der Waals surface area (Å²) in [6.45, 7) is 0. The monoisotopic (exact) mass is 353 g/mol. The summed E-state index contributed by atoms with van der Waals surface area (Å²) in [5.41, 5.74) is 5.63. The molecule has 6 nitrogen and oxygen atoms in total. The highest BCUT2D eigenvalue weighted by molar-refractivity contribution is 9.10. The fourth-order valence-corrected chi connectivity index (χ4v) is 2.04. The van der Waals surface area contributed by atoms with Gasteiger partial charge in [0.15, 0.2) is 0 Å². The molecule has 108 valence electrons. The van der Waals surface area contributed by atoms with Crippen molar-refractivity contribution >= 4 is 38.9 Å². The lowest BCUT2D eigenvalue weighted by Crippen LogP contribution is -2.14. The van der Waals surface area contributed by atoms with Gasteiger partial charge in [0.2, 0.25) is 0 Å². The Morgan fingerprint density at radius 1 is 1.29 bits per heavy atom. The molecule has 21 heavy (non-hydrogen) atoms. The maximum absolute atomic E-state index is 13.3. The van der Waals surface area contributed by atoms with Crippen molar-refractivity contribution in [1.29, 1.82) is 0 Å². The average molecular weight is 354 g/mol. The van der Waals surface area contributed by atoms with Gasteiger partial charge in [0.05, 0.1) is 22.2 Å². The minimum Gasteiger partial charge on any atom is -0.398 e. The Balaban J connectivity index is 2.31. The normalized spacial score (nSPS) is 10.2. The van der Waals surface area contributed by atoms with E-state index in [2.05, 4.69) is 21.2 Å². The van der Waals surface area contributed by atoms with E-state index in [1.807, 2.05) is 0 Å². The fourth-order valence-electron chi connectivity index (χ4n) is 1.68. The minimum atomic E-state index is -0.818. The van der Waals surface area contributed by atoms with Gasteiger partial charge in [-0.1, -0.05) is 15.9 Å². The van der Waals surface area contributed by atoms with Gasteiger partial charge < -0.3 is 11.1 Å². The predicted octanol–water partition coefficient (Wildman–Crippen LogP) is 3.33. The zero-order valence-corrected chi connectivity index (χ0v) is 12.1. The number of hydrogen-bond acceptors (Lipinski definition) is 4. The number of halogens is 2. The summed E-state index contributed by atoms with van der Waals surface area (Å²) in [7, 11) is 0. The summed E-state index contributed by atoms with van der Waals surface area (Å²) >= 11 is 3.21. The van der Waals surface area contributed by atoms with E-state index in [1.54, 1.807) is 6.07 Å². The summed E-state index contributed by atoms with van der Waals surface area (Å²) in [6.07, 6.45) is 0. The van der Waals surface area contributed by atoms with Crippen molar-refractivity contribution in [1.82, 2.24) is 0 Å². The minimum absolute atomic E-state index is 0.0222. The fraction of sp³-hybridized carbons (Fsp3) is 0. The van der Waals surface area contributed by atoms with Crippen LogP contribution in [0.4, 0.5) is 21.5 Å². The van der Waals surface area contributed by atoms with E-state index in [1.165, 1.54) is 12.1 Å². The number of carbonyl (C=O) groups is 1. The van der Waals surface area contributed by atoms with Crippen molar-refractivity contribution in [3.05, 3.63) is 62.4 Å². The zero-order valence-electron chi connectivity index (χ0n) is 10.5. The summed E-state index contributed by atoms with van der Waals surface area (Å²) < 4.78 is 13.9. The molecule has 0 spiro atoms. The van der Waals surface area contributed by atoms with E-state index in [9.17, 15) is 19.3 Å². The first-order chi connectivity index (χ1) is 9.86. The number of rotatable bonds is 3. The smallest absolute Gasteiger partial charge is 0.274 e. The van der Waals surface area contributed by atoms with Gasteiger partial charge in [-0.15, -0.1) is 0 Å². The third kappa shape index (κ3) is 3.54. The van der Waals surface area contributed by atoms with Crippen LogP contribution >= 0.6 is 15.9 Å².